The summed E-state index contributed by atoms with van der Waals surface area (Å²) in [6.45, 7) is 1.45. The molecule has 0 radical (unpaired) electrons. The van der Waals surface area contributed by atoms with Crippen molar-refractivity contribution in [2.75, 3.05) is 34.2 Å². The number of nitrogens with zero attached hydrogens (tertiary/aromatic N) is 1. The van der Waals surface area contributed by atoms with Crippen LogP contribution in [0.15, 0.2) is 30.5 Å². The van der Waals surface area contributed by atoms with Crippen molar-refractivity contribution in [2.24, 2.45) is 0 Å². The van der Waals surface area contributed by atoms with Crippen LogP contribution in [0.5, 0.6) is 5.75 Å². The highest BCUT2D eigenvalue weighted by Gasteiger charge is 2.32. The Morgan fingerprint density at radius 2 is 1.93 bits per heavy atom. The molecule has 7 nitrogen and oxygen atoms in total. The molecule has 0 saturated carbocycles. The molecule has 7 heteroatoms. The fourth-order valence-corrected chi connectivity index (χ4v) is 4.07. The summed E-state index contributed by atoms with van der Waals surface area (Å²) < 4.78 is 0. The predicted octanol–water partition coefficient (Wildman–Crippen LogP) is 2.53. The number of nitrogens with one attached hydrogen (secondary N) is 3. The van der Waals surface area contributed by atoms with E-state index in [9.17, 15) is 14.7 Å². The van der Waals surface area contributed by atoms with Crippen molar-refractivity contribution in [1.29, 1.82) is 0 Å². The molecule has 156 valence electrons. The number of carbonyl (C=O) groups excluding carboxylic acids is 2. The van der Waals surface area contributed by atoms with E-state index in [1.165, 1.54) is 6.08 Å². The van der Waals surface area contributed by atoms with Crippen LogP contribution in [0.3, 0.4) is 0 Å². The third-order valence-corrected chi connectivity index (χ3v) is 5.58. The molecule has 0 unspecified atom stereocenters. The number of aromatic nitrogens is 2. The van der Waals surface area contributed by atoms with Crippen LogP contribution in [0.1, 0.15) is 37.7 Å². The van der Waals surface area contributed by atoms with Crippen molar-refractivity contribution in [3.05, 3.63) is 58.6 Å². The summed E-state index contributed by atoms with van der Waals surface area (Å²) in [5.41, 5.74) is 4.18. The number of fused-ring (bicyclic) bond motifs is 2. The minimum atomic E-state index is -0.210. The number of hydrogen-bond donors (Lipinski definition) is 4. The maximum absolute atomic E-state index is 13.5. The predicted molar refractivity (Wildman–Crippen MR) is 117 cm³/mol. The Hall–Kier alpha value is -3.16. The number of carbonyl (C=O) groups is 2. The minimum Gasteiger partial charge on any atom is -0.507 e. The molecule has 4 rings (SSSR count). The van der Waals surface area contributed by atoms with E-state index < -0.39 is 0 Å². The van der Waals surface area contributed by atoms with E-state index in [4.69, 9.17) is 0 Å². The molecule has 0 bridgehead atoms. The first-order chi connectivity index (χ1) is 14.4. The third kappa shape index (κ3) is 3.36. The number of phenolic OH excluding ortho intramolecular Hbond substituents is 1. The monoisotopic (exact) mass is 406 g/mol. The van der Waals surface area contributed by atoms with Crippen molar-refractivity contribution < 1.29 is 14.7 Å². The molecule has 2 heterocycles. The van der Waals surface area contributed by atoms with Gasteiger partial charge < -0.3 is 25.3 Å². The second kappa shape index (κ2) is 7.93. The Bertz CT molecular complexity index is 1170. The fraction of sp³-hybridized carbons (Fsp3) is 0.304. The Labute approximate surface area is 174 Å². The summed E-state index contributed by atoms with van der Waals surface area (Å²) in [7, 11) is 5.80. The van der Waals surface area contributed by atoms with Gasteiger partial charge in [0.15, 0.2) is 5.78 Å². The Morgan fingerprint density at radius 1 is 1.13 bits per heavy atom. The number of allylic oxidation sites excluding steroid dienone is 2. The van der Waals surface area contributed by atoms with Crippen LogP contribution >= 0.6 is 0 Å². The van der Waals surface area contributed by atoms with Crippen LogP contribution in [0, 0.1) is 0 Å². The van der Waals surface area contributed by atoms with Crippen LogP contribution in [0.25, 0.3) is 16.5 Å². The Balaban J connectivity index is 1.83. The summed E-state index contributed by atoms with van der Waals surface area (Å²) in [5.74, 6) is -0.222. The fourth-order valence-electron chi connectivity index (χ4n) is 4.07. The molecule has 30 heavy (non-hydrogen) atoms. The van der Waals surface area contributed by atoms with Gasteiger partial charge in [-0.2, -0.15) is 0 Å². The highest BCUT2D eigenvalue weighted by atomic mass is 16.3. The summed E-state index contributed by atoms with van der Waals surface area (Å²) >= 11 is 0. The van der Waals surface area contributed by atoms with E-state index in [1.54, 1.807) is 18.3 Å². The topological polar surface area (TPSA) is 101 Å². The normalized spacial score (nSPS) is 13.9. The van der Waals surface area contributed by atoms with Crippen LogP contribution in [0.4, 0.5) is 0 Å². The van der Waals surface area contributed by atoms with E-state index in [0.717, 1.165) is 23.2 Å². The molecule has 1 aromatic carbocycles. The quantitative estimate of drug-likeness (QED) is 0.483. The SMILES string of the molecule is CNCCc1c(C2=CC(=O)c3[nH]cc(CCN(C)C)c3C2=O)[nH]c2cccc(O)c12. The number of hydrogen-bond acceptors (Lipinski definition) is 5. The van der Waals surface area contributed by atoms with Gasteiger partial charge in [0.25, 0.3) is 0 Å². The molecule has 4 N–H and O–H groups in total. The van der Waals surface area contributed by atoms with E-state index in [2.05, 4.69) is 15.3 Å². The van der Waals surface area contributed by atoms with Gasteiger partial charge in [0, 0.05) is 29.7 Å². The number of aromatic hydroxyl groups is 1. The lowest BCUT2D eigenvalue weighted by Gasteiger charge is -2.15. The summed E-state index contributed by atoms with van der Waals surface area (Å²) in [4.78, 5) is 34.7. The number of phenols is 1. The van der Waals surface area contributed by atoms with Gasteiger partial charge >= 0.3 is 0 Å². The maximum atomic E-state index is 13.5. The molecule has 0 saturated heterocycles. The summed E-state index contributed by atoms with van der Waals surface area (Å²) in [6, 6.07) is 5.25. The van der Waals surface area contributed by atoms with Crippen molar-refractivity contribution in [2.45, 2.75) is 12.8 Å². The van der Waals surface area contributed by atoms with Gasteiger partial charge in [-0.15, -0.1) is 0 Å². The van der Waals surface area contributed by atoms with Gasteiger partial charge in [-0.1, -0.05) is 6.07 Å². The van der Waals surface area contributed by atoms with Gasteiger partial charge in [0.1, 0.15) is 5.75 Å². The number of benzene rings is 1. The lowest BCUT2D eigenvalue weighted by Crippen LogP contribution is -2.20. The highest BCUT2D eigenvalue weighted by Crippen LogP contribution is 2.37. The second-order valence-electron chi connectivity index (χ2n) is 7.90. The Morgan fingerprint density at radius 3 is 2.67 bits per heavy atom. The molecule has 3 aromatic rings. The molecule has 0 spiro atoms. The first-order valence-electron chi connectivity index (χ1n) is 10.1. The summed E-state index contributed by atoms with van der Waals surface area (Å²) in [5, 5.41) is 14.3. The molecule has 0 atom stereocenters. The number of rotatable bonds is 7. The van der Waals surface area contributed by atoms with Gasteiger partial charge in [0.2, 0.25) is 5.78 Å². The van der Waals surface area contributed by atoms with E-state index in [0.29, 0.717) is 47.3 Å². The lowest BCUT2D eigenvalue weighted by molar-refractivity contribution is 0.0998. The third-order valence-electron chi connectivity index (χ3n) is 5.58. The number of aromatic amines is 2. The standard InChI is InChI=1S/C23H26N4O3/c1-24-9-7-14-20-16(5-4-6-17(20)28)26-21(14)15-11-18(29)22-19(23(15)30)13(12-25-22)8-10-27(2)3/h4-6,11-12,24-26,28H,7-10H2,1-3H3. The largest absolute Gasteiger partial charge is 0.507 e. The molecule has 0 aliphatic heterocycles. The summed E-state index contributed by atoms with van der Waals surface area (Å²) in [6.07, 6.45) is 4.45. The zero-order valence-electron chi connectivity index (χ0n) is 17.4. The van der Waals surface area contributed by atoms with Crippen molar-refractivity contribution in [3.63, 3.8) is 0 Å². The van der Waals surface area contributed by atoms with E-state index in [-0.39, 0.29) is 17.3 Å². The van der Waals surface area contributed by atoms with Gasteiger partial charge in [-0.05, 0) is 63.8 Å². The molecule has 0 amide bonds. The molecule has 0 fully saturated rings. The molecular formula is C23H26N4O3. The minimum absolute atomic E-state index is 0.158. The molecular weight excluding hydrogens is 380 g/mol. The smallest absolute Gasteiger partial charge is 0.203 e. The van der Waals surface area contributed by atoms with Crippen LogP contribution in [0.2, 0.25) is 0 Å². The average Bonchev–Trinajstić information content (AvgIpc) is 3.30. The van der Waals surface area contributed by atoms with Gasteiger partial charge in [-0.3, -0.25) is 9.59 Å². The zero-order chi connectivity index (χ0) is 21.4. The van der Waals surface area contributed by atoms with E-state index in [1.807, 2.05) is 32.1 Å². The van der Waals surface area contributed by atoms with Gasteiger partial charge in [0.05, 0.1) is 22.5 Å². The van der Waals surface area contributed by atoms with Crippen molar-refractivity contribution in [3.8, 4) is 5.75 Å². The second-order valence-corrected chi connectivity index (χ2v) is 7.90. The number of H-pyrrole nitrogens is 2. The number of likely N-dealkylation sites (N-methyl/N-ethyl adjacent to an activating group) is 2. The highest BCUT2D eigenvalue weighted by molar-refractivity contribution is 6.39. The van der Waals surface area contributed by atoms with Gasteiger partial charge in [-0.25, -0.2) is 0 Å². The van der Waals surface area contributed by atoms with Crippen molar-refractivity contribution in [1.82, 2.24) is 20.2 Å². The molecule has 1 aliphatic rings. The van der Waals surface area contributed by atoms with Crippen LogP contribution in [-0.2, 0) is 12.8 Å². The maximum Gasteiger partial charge on any atom is 0.203 e. The van der Waals surface area contributed by atoms with Crippen LogP contribution in [-0.4, -0.2) is 65.8 Å². The first-order valence-corrected chi connectivity index (χ1v) is 10.1. The number of Topliss-reactive ketones (excluding diaryl/α,β-unsaturated/α-hetero) is 1. The van der Waals surface area contributed by atoms with Crippen molar-refractivity contribution >= 4 is 28.0 Å². The molecule has 2 aromatic heterocycles. The molecule has 1 aliphatic carbocycles. The lowest BCUT2D eigenvalue weighted by atomic mass is 9.88. The van der Waals surface area contributed by atoms with E-state index >= 15 is 0 Å². The Kier molecular flexibility index (Phi) is 5.32. The average molecular weight is 406 g/mol. The van der Waals surface area contributed by atoms with Crippen LogP contribution < -0.4 is 5.32 Å². The first kappa shape index (κ1) is 20.1. The zero-order valence-corrected chi connectivity index (χ0v) is 17.4. The number of ketones is 2.